The van der Waals surface area contributed by atoms with E-state index < -0.39 is 47.3 Å². The first kappa shape index (κ1) is 16.4. The van der Waals surface area contributed by atoms with Gasteiger partial charge in [0.2, 0.25) is 6.29 Å². The monoisotopic (exact) mass is 312 g/mol. The molecule has 9 nitrogen and oxygen atoms in total. The molecule has 0 bridgehead atoms. The Balaban J connectivity index is 2.02. The first-order valence-electron chi connectivity index (χ1n) is 6.84. The Morgan fingerprint density at radius 1 is 1.50 bits per heavy atom. The maximum absolute atomic E-state index is 12.8. The van der Waals surface area contributed by atoms with Crippen molar-refractivity contribution in [3.05, 3.63) is 23.8 Å². The molecule has 121 valence electrons. The molecule has 0 saturated carbocycles. The van der Waals surface area contributed by atoms with Gasteiger partial charge in [-0.25, -0.2) is 0 Å². The smallest absolute Gasteiger partial charge is 0.310 e. The van der Waals surface area contributed by atoms with Crippen LogP contribution in [0.15, 0.2) is 12.2 Å². The Hall–Kier alpha value is -1.97. The van der Waals surface area contributed by atoms with Crippen LogP contribution in [0.25, 0.3) is 0 Å². The van der Waals surface area contributed by atoms with Crippen molar-refractivity contribution in [3.8, 4) is 0 Å². The number of nitrogens with zero attached hydrogens (tertiary/aromatic N) is 1. The number of hydrogen-bond donors (Lipinski definition) is 3. The third-order valence-corrected chi connectivity index (χ3v) is 3.62. The number of carbonyl (C=O) groups excluding carboxylic acids is 3. The number of nitrogens with one attached hydrogen (secondary N) is 1. The van der Waals surface area contributed by atoms with Crippen molar-refractivity contribution in [2.24, 2.45) is 5.73 Å². The molecule has 2 heterocycles. The summed E-state index contributed by atoms with van der Waals surface area (Å²) in [6, 6.07) is -2.03. The summed E-state index contributed by atoms with van der Waals surface area (Å²) in [5.74, 6) is -2.12. The second-order valence-electron chi connectivity index (χ2n) is 5.34. The van der Waals surface area contributed by atoms with E-state index in [1.165, 1.54) is 6.42 Å². The van der Waals surface area contributed by atoms with Crippen LogP contribution in [0.4, 0.5) is 0 Å². The maximum Gasteiger partial charge on any atom is 0.310 e. The Kier molecular flexibility index (Phi) is 4.79. The standard InChI is InChI=1S/C13H18N3O6/c14-12(19)9-4-2-1-3-5-16(9,21)7-10(17)15-8-6-11(18)22-13(8)20/h1,3-4,8-9,13,20H,2,5-7H2,(H2,14,19)(H,15,17). The molecule has 0 spiro atoms. The predicted octanol–water partition coefficient (Wildman–Crippen LogP) is -1.93. The highest BCUT2D eigenvalue weighted by atomic mass is 16.6. The van der Waals surface area contributed by atoms with Gasteiger partial charge in [-0.05, 0) is 12.5 Å². The minimum Gasteiger partial charge on any atom is -0.632 e. The highest BCUT2D eigenvalue weighted by molar-refractivity contribution is 5.82. The van der Waals surface area contributed by atoms with E-state index in [9.17, 15) is 24.7 Å². The molecule has 2 rings (SSSR count). The van der Waals surface area contributed by atoms with Crippen LogP contribution in [0.3, 0.4) is 0 Å². The van der Waals surface area contributed by atoms with Crippen molar-refractivity contribution in [1.29, 1.82) is 0 Å². The van der Waals surface area contributed by atoms with E-state index in [1.807, 2.05) is 0 Å². The number of carbonyl (C=O) groups is 3. The predicted molar refractivity (Wildman–Crippen MR) is 73.0 cm³/mol. The van der Waals surface area contributed by atoms with E-state index in [4.69, 9.17) is 5.73 Å². The number of quaternary nitrogens is 1. The van der Waals surface area contributed by atoms with Crippen molar-refractivity contribution < 1.29 is 28.9 Å². The molecule has 9 heteroatoms. The average Bonchev–Trinajstić information content (AvgIpc) is 2.59. The summed E-state index contributed by atoms with van der Waals surface area (Å²) < 4.78 is 3.37. The average molecular weight is 312 g/mol. The molecule has 4 unspecified atom stereocenters. The van der Waals surface area contributed by atoms with E-state index >= 15 is 0 Å². The number of hydroxylamine groups is 3. The summed E-state index contributed by atoms with van der Waals surface area (Å²) in [7, 11) is 0. The van der Waals surface area contributed by atoms with Gasteiger partial charge in [0.25, 0.3) is 11.8 Å². The summed E-state index contributed by atoms with van der Waals surface area (Å²) in [5.41, 5.74) is 5.24. The Morgan fingerprint density at radius 3 is 2.82 bits per heavy atom. The van der Waals surface area contributed by atoms with Gasteiger partial charge in [-0.3, -0.25) is 14.4 Å². The van der Waals surface area contributed by atoms with E-state index in [1.54, 1.807) is 12.2 Å². The summed E-state index contributed by atoms with van der Waals surface area (Å²) >= 11 is 0. The van der Waals surface area contributed by atoms with Crippen LogP contribution in [-0.2, 0) is 19.1 Å². The lowest BCUT2D eigenvalue weighted by Crippen LogP contribution is -2.60. The van der Waals surface area contributed by atoms with Crippen molar-refractivity contribution >= 4 is 17.8 Å². The van der Waals surface area contributed by atoms with Crippen LogP contribution in [0.5, 0.6) is 0 Å². The molecular weight excluding hydrogens is 294 g/mol. The van der Waals surface area contributed by atoms with Crippen LogP contribution in [-0.4, -0.2) is 59.0 Å². The molecule has 4 N–H and O–H groups in total. The fourth-order valence-corrected chi connectivity index (χ4v) is 2.54. The lowest BCUT2D eigenvalue weighted by Gasteiger charge is -2.45. The number of aliphatic hydroxyl groups is 1. The highest BCUT2D eigenvalue weighted by Gasteiger charge is 2.39. The Morgan fingerprint density at radius 2 is 2.23 bits per heavy atom. The summed E-state index contributed by atoms with van der Waals surface area (Å²) in [4.78, 5) is 34.5. The molecule has 2 aliphatic heterocycles. The zero-order valence-electron chi connectivity index (χ0n) is 11.8. The SMILES string of the molecule is NC(=O)C1[CH]CC=CC[N+]1([O-])CC(=O)NC1CC(=O)OC1O. The summed E-state index contributed by atoms with van der Waals surface area (Å²) in [6.07, 6.45) is 3.61. The number of hydrogen-bond acceptors (Lipinski definition) is 6. The number of amides is 2. The van der Waals surface area contributed by atoms with Crippen LogP contribution < -0.4 is 11.1 Å². The zero-order valence-corrected chi connectivity index (χ0v) is 11.8. The normalized spacial score (nSPS) is 34.8. The minimum absolute atomic E-state index is 0.0693. The number of aliphatic hydroxyl groups excluding tert-OH is 1. The second-order valence-corrected chi connectivity index (χ2v) is 5.34. The molecule has 0 aromatic rings. The first-order valence-corrected chi connectivity index (χ1v) is 6.84. The molecule has 1 radical (unpaired) electrons. The first-order chi connectivity index (χ1) is 10.3. The molecule has 0 aliphatic carbocycles. The van der Waals surface area contributed by atoms with Gasteiger partial charge in [-0.1, -0.05) is 6.08 Å². The number of esters is 1. The Bertz CT molecular complexity index is 508. The largest absolute Gasteiger partial charge is 0.632 e. The molecule has 0 aromatic carbocycles. The molecule has 2 aliphatic rings. The number of nitrogens with two attached hydrogens (primary N) is 1. The molecule has 4 atom stereocenters. The van der Waals surface area contributed by atoms with Crippen LogP contribution >= 0.6 is 0 Å². The van der Waals surface area contributed by atoms with Gasteiger partial charge >= 0.3 is 5.97 Å². The molecule has 22 heavy (non-hydrogen) atoms. The lowest BCUT2D eigenvalue weighted by molar-refractivity contribution is -0.878. The van der Waals surface area contributed by atoms with Crippen molar-refractivity contribution in [3.63, 3.8) is 0 Å². The fourth-order valence-electron chi connectivity index (χ4n) is 2.54. The molecule has 1 fully saturated rings. The van der Waals surface area contributed by atoms with Gasteiger partial charge < -0.3 is 30.7 Å². The zero-order chi connectivity index (χ0) is 16.3. The lowest BCUT2D eigenvalue weighted by atomic mass is 10.1. The number of primary amides is 1. The number of rotatable bonds is 4. The van der Waals surface area contributed by atoms with E-state index in [0.29, 0.717) is 6.42 Å². The molecule has 0 aromatic heterocycles. The Labute approximate surface area is 126 Å². The summed E-state index contributed by atoms with van der Waals surface area (Å²) in [5, 5.41) is 24.6. The topological polar surface area (TPSA) is 142 Å². The van der Waals surface area contributed by atoms with Crippen molar-refractivity contribution in [1.82, 2.24) is 5.32 Å². The van der Waals surface area contributed by atoms with Gasteiger partial charge in [0.05, 0.1) is 13.0 Å². The molecule has 1 saturated heterocycles. The number of allylic oxidation sites excluding steroid dienone is 1. The molecule has 2 amide bonds. The third kappa shape index (κ3) is 3.62. The van der Waals surface area contributed by atoms with Crippen LogP contribution in [0, 0.1) is 11.6 Å². The minimum atomic E-state index is -1.43. The highest BCUT2D eigenvalue weighted by Crippen LogP contribution is 2.20. The quantitative estimate of drug-likeness (QED) is 0.239. The van der Waals surface area contributed by atoms with Gasteiger partial charge in [-0.2, -0.15) is 0 Å². The van der Waals surface area contributed by atoms with Crippen molar-refractivity contribution in [2.45, 2.75) is 31.2 Å². The second kappa shape index (κ2) is 6.42. The number of cyclic esters (lactones) is 1. The van der Waals surface area contributed by atoms with Crippen LogP contribution in [0.1, 0.15) is 12.8 Å². The van der Waals surface area contributed by atoms with E-state index in [2.05, 4.69) is 10.1 Å². The third-order valence-electron chi connectivity index (χ3n) is 3.62. The summed E-state index contributed by atoms with van der Waals surface area (Å²) in [6.45, 7) is -0.619. The van der Waals surface area contributed by atoms with Gasteiger partial charge in [0, 0.05) is 6.42 Å². The molecular formula is C13H18N3O6. The van der Waals surface area contributed by atoms with Gasteiger partial charge in [0.15, 0.2) is 12.6 Å². The fraction of sp³-hybridized carbons (Fsp3) is 0.538. The van der Waals surface area contributed by atoms with E-state index in [-0.39, 0.29) is 13.0 Å². The van der Waals surface area contributed by atoms with E-state index in [0.717, 1.165) is 0 Å². The number of ether oxygens (including phenoxy) is 1. The van der Waals surface area contributed by atoms with Gasteiger partial charge in [0.1, 0.15) is 6.04 Å². The van der Waals surface area contributed by atoms with Crippen molar-refractivity contribution in [2.75, 3.05) is 13.1 Å². The van der Waals surface area contributed by atoms with Crippen LogP contribution in [0.2, 0.25) is 0 Å². The maximum atomic E-state index is 12.8. The van der Waals surface area contributed by atoms with Gasteiger partial charge in [-0.15, -0.1) is 0 Å².